The van der Waals surface area contributed by atoms with Crippen LogP contribution in [0.1, 0.15) is 25.8 Å². The third kappa shape index (κ3) is 1.43. The number of hydrogen-bond donors (Lipinski definition) is 2. The molecule has 2 rings (SSSR count). The molecule has 0 fully saturated rings. The maximum atomic E-state index is 9.82. The van der Waals surface area contributed by atoms with E-state index >= 15 is 0 Å². The van der Waals surface area contributed by atoms with E-state index in [1.54, 1.807) is 12.1 Å². The van der Waals surface area contributed by atoms with Crippen LogP contribution in [0.3, 0.4) is 0 Å². The van der Waals surface area contributed by atoms with Crippen LogP contribution in [0, 0.1) is 0 Å². The summed E-state index contributed by atoms with van der Waals surface area (Å²) in [5.41, 5.74) is 2.35. The van der Waals surface area contributed by atoms with Crippen LogP contribution in [0.2, 0.25) is 0 Å². The Bertz CT molecular complexity index is 422. The van der Waals surface area contributed by atoms with Crippen molar-refractivity contribution in [3.63, 3.8) is 0 Å². The second kappa shape index (κ2) is 3.35. The van der Waals surface area contributed by atoms with Gasteiger partial charge in [-0.1, -0.05) is 19.9 Å². The van der Waals surface area contributed by atoms with Gasteiger partial charge in [0.25, 0.3) is 0 Å². The number of fused-ring (bicyclic) bond motifs is 1. The molecule has 3 nitrogen and oxygen atoms in total. The highest BCUT2D eigenvalue weighted by atomic mass is 16.3. The lowest BCUT2D eigenvalue weighted by molar-refractivity contribution is 0.305. The van der Waals surface area contributed by atoms with Gasteiger partial charge in [-0.15, -0.1) is 0 Å². The van der Waals surface area contributed by atoms with Gasteiger partial charge in [-0.2, -0.15) is 0 Å². The summed E-state index contributed by atoms with van der Waals surface area (Å²) in [6.07, 6.45) is 0.557. The summed E-state index contributed by atoms with van der Waals surface area (Å²) in [6, 6.07) is 5.36. The lowest BCUT2D eigenvalue weighted by Gasteiger charge is -2.22. The number of phenols is 1. The quantitative estimate of drug-likeness (QED) is 0.777. The molecule has 0 radical (unpaired) electrons. The fraction of sp³-hybridized carbons (Fsp3) is 0.417. The van der Waals surface area contributed by atoms with Crippen LogP contribution in [0.25, 0.3) is 0 Å². The van der Waals surface area contributed by atoms with Gasteiger partial charge < -0.3 is 10.2 Å². The van der Waals surface area contributed by atoms with E-state index in [4.69, 9.17) is 5.11 Å². The van der Waals surface area contributed by atoms with Crippen molar-refractivity contribution < 1.29 is 10.2 Å². The normalized spacial score (nSPS) is 17.4. The summed E-state index contributed by atoms with van der Waals surface area (Å²) in [6.45, 7) is 4.14. The first kappa shape index (κ1) is 10.2. The summed E-state index contributed by atoms with van der Waals surface area (Å²) in [7, 11) is 0. The van der Waals surface area contributed by atoms with Gasteiger partial charge in [0.05, 0.1) is 5.69 Å². The molecule has 0 saturated carbocycles. The fourth-order valence-corrected chi connectivity index (χ4v) is 2.17. The Labute approximate surface area is 89.1 Å². The van der Waals surface area contributed by atoms with Crippen molar-refractivity contribution in [3.8, 4) is 5.75 Å². The van der Waals surface area contributed by atoms with Gasteiger partial charge in [0.15, 0.2) is 0 Å². The summed E-state index contributed by atoms with van der Waals surface area (Å²) >= 11 is 0. The number of aromatic hydroxyl groups is 1. The highest BCUT2D eigenvalue weighted by Crippen LogP contribution is 2.45. The smallest absolute Gasteiger partial charge is 0.121 e. The van der Waals surface area contributed by atoms with E-state index in [9.17, 15) is 5.11 Å². The molecule has 15 heavy (non-hydrogen) atoms. The summed E-state index contributed by atoms with van der Waals surface area (Å²) < 4.78 is 0. The Hall–Kier alpha value is -1.35. The molecule has 0 atom stereocenters. The van der Waals surface area contributed by atoms with Crippen molar-refractivity contribution in [1.82, 2.24) is 0 Å². The minimum Gasteiger partial charge on any atom is -0.508 e. The third-order valence-electron chi connectivity index (χ3n) is 2.97. The molecule has 3 heteroatoms. The first-order chi connectivity index (χ1) is 7.07. The standard InChI is InChI=1S/C12H15NO2/c1-12(2)10(6-7-14)13-8-4-3-5-9(15)11(8)12/h3-5,14-15H,6-7H2,1-2H3. The minimum absolute atomic E-state index is 0.0943. The van der Waals surface area contributed by atoms with Crippen molar-refractivity contribution >= 4 is 11.4 Å². The van der Waals surface area contributed by atoms with E-state index in [-0.39, 0.29) is 17.8 Å². The van der Waals surface area contributed by atoms with Gasteiger partial charge >= 0.3 is 0 Å². The highest BCUT2D eigenvalue weighted by molar-refractivity contribution is 6.02. The molecule has 1 aromatic carbocycles. The maximum absolute atomic E-state index is 9.82. The van der Waals surface area contributed by atoms with Crippen LogP contribution in [-0.2, 0) is 5.41 Å². The number of aliphatic imine (C=N–C) groups is 1. The summed E-state index contributed by atoms with van der Waals surface area (Å²) in [5.74, 6) is 0.286. The molecule has 0 saturated heterocycles. The Morgan fingerprint density at radius 2 is 2.07 bits per heavy atom. The highest BCUT2D eigenvalue weighted by Gasteiger charge is 2.36. The van der Waals surface area contributed by atoms with Gasteiger partial charge in [0.1, 0.15) is 5.75 Å². The first-order valence-corrected chi connectivity index (χ1v) is 5.08. The van der Waals surface area contributed by atoms with Crippen molar-refractivity contribution in [3.05, 3.63) is 23.8 Å². The number of nitrogens with zero attached hydrogens (tertiary/aromatic N) is 1. The summed E-state index contributed by atoms with van der Waals surface area (Å²) in [4.78, 5) is 4.45. The van der Waals surface area contributed by atoms with Crippen LogP contribution in [0.4, 0.5) is 5.69 Å². The predicted molar refractivity (Wildman–Crippen MR) is 59.9 cm³/mol. The van der Waals surface area contributed by atoms with Crippen LogP contribution in [0.15, 0.2) is 23.2 Å². The van der Waals surface area contributed by atoms with Gasteiger partial charge in [0.2, 0.25) is 0 Å². The van der Waals surface area contributed by atoms with Gasteiger partial charge in [-0.05, 0) is 12.1 Å². The molecule has 1 aliphatic rings. The minimum atomic E-state index is -0.274. The van der Waals surface area contributed by atoms with E-state index < -0.39 is 0 Å². The average molecular weight is 205 g/mol. The second-order valence-electron chi connectivity index (χ2n) is 4.33. The second-order valence-corrected chi connectivity index (χ2v) is 4.33. The van der Waals surface area contributed by atoms with E-state index in [1.807, 2.05) is 19.9 Å². The molecular formula is C12H15NO2. The van der Waals surface area contributed by atoms with Gasteiger partial charge in [-0.3, -0.25) is 4.99 Å². The van der Waals surface area contributed by atoms with E-state index in [0.29, 0.717) is 6.42 Å². The number of hydrogen-bond acceptors (Lipinski definition) is 3. The van der Waals surface area contributed by atoms with Crippen LogP contribution >= 0.6 is 0 Å². The molecule has 0 amide bonds. The lowest BCUT2D eigenvalue weighted by atomic mass is 9.80. The Morgan fingerprint density at radius 1 is 1.33 bits per heavy atom. The number of rotatable bonds is 2. The number of aliphatic hydroxyl groups is 1. The SMILES string of the molecule is CC1(C)C(CCO)=Nc2cccc(O)c21. The molecule has 0 spiro atoms. The number of benzene rings is 1. The van der Waals surface area contributed by atoms with Gasteiger partial charge in [0, 0.05) is 29.7 Å². The zero-order chi connectivity index (χ0) is 11.1. The van der Waals surface area contributed by atoms with Crippen molar-refractivity contribution in [2.24, 2.45) is 4.99 Å². The topological polar surface area (TPSA) is 52.8 Å². The molecule has 1 aliphatic heterocycles. The molecule has 0 aliphatic carbocycles. The molecule has 1 aromatic rings. The Kier molecular flexibility index (Phi) is 2.27. The lowest BCUT2D eigenvalue weighted by Crippen LogP contribution is -2.26. The largest absolute Gasteiger partial charge is 0.508 e. The average Bonchev–Trinajstić information content (AvgIpc) is 2.40. The monoisotopic (exact) mass is 205 g/mol. The zero-order valence-corrected chi connectivity index (χ0v) is 8.99. The van der Waals surface area contributed by atoms with Crippen molar-refractivity contribution in [1.29, 1.82) is 0 Å². The number of aliphatic hydroxyl groups excluding tert-OH is 1. The molecule has 80 valence electrons. The maximum Gasteiger partial charge on any atom is 0.121 e. The molecular weight excluding hydrogens is 190 g/mol. The van der Waals surface area contributed by atoms with Crippen molar-refractivity contribution in [2.75, 3.05) is 6.61 Å². The van der Waals surface area contributed by atoms with E-state index in [1.165, 1.54) is 0 Å². The molecule has 1 heterocycles. The van der Waals surface area contributed by atoms with Crippen LogP contribution < -0.4 is 0 Å². The Balaban J connectivity index is 2.53. The first-order valence-electron chi connectivity index (χ1n) is 5.08. The van der Waals surface area contributed by atoms with Crippen LogP contribution in [0.5, 0.6) is 5.75 Å². The number of phenolic OH excluding ortho intramolecular Hbond substituents is 1. The fourth-order valence-electron chi connectivity index (χ4n) is 2.17. The third-order valence-corrected chi connectivity index (χ3v) is 2.97. The molecule has 0 unspecified atom stereocenters. The zero-order valence-electron chi connectivity index (χ0n) is 8.99. The predicted octanol–water partition coefficient (Wildman–Crippen LogP) is 2.14. The van der Waals surface area contributed by atoms with E-state index in [0.717, 1.165) is 17.0 Å². The molecule has 0 aromatic heterocycles. The molecule has 2 N–H and O–H groups in total. The molecule has 0 bridgehead atoms. The van der Waals surface area contributed by atoms with Crippen LogP contribution in [-0.4, -0.2) is 22.5 Å². The van der Waals surface area contributed by atoms with Crippen molar-refractivity contribution in [2.45, 2.75) is 25.7 Å². The van der Waals surface area contributed by atoms with Gasteiger partial charge in [-0.25, -0.2) is 0 Å². The summed E-state index contributed by atoms with van der Waals surface area (Å²) in [5, 5.41) is 18.8. The Morgan fingerprint density at radius 3 is 2.67 bits per heavy atom. The van der Waals surface area contributed by atoms with E-state index in [2.05, 4.69) is 4.99 Å².